The zero-order valence-electron chi connectivity index (χ0n) is 12.2. The van der Waals surface area contributed by atoms with Gasteiger partial charge in [-0.05, 0) is 36.4 Å². The fourth-order valence-corrected chi connectivity index (χ4v) is 1.86. The molecule has 116 valence electrons. The topological polar surface area (TPSA) is 82.3 Å². The third-order valence-corrected chi connectivity index (χ3v) is 3.02. The lowest BCUT2D eigenvalue weighted by molar-refractivity contribution is -0.112. The van der Waals surface area contributed by atoms with Crippen molar-refractivity contribution in [3.05, 3.63) is 59.4 Å². The summed E-state index contributed by atoms with van der Waals surface area (Å²) in [6.45, 7) is 0. The van der Waals surface area contributed by atoms with E-state index in [1.54, 1.807) is 24.3 Å². The van der Waals surface area contributed by atoms with Crippen LogP contribution in [0.1, 0.15) is 5.56 Å². The fourth-order valence-electron chi connectivity index (χ4n) is 1.86. The van der Waals surface area contributed by atoms with Gasteiger partial charge in [0.1, 0.15) is 17.5 Å². The van der Waals surface area contributed by atoms with E-state index in [1.807, 2.05) is 0 Å². The quantitative estimate of drug-likeness (QED) is 0.671. The molecule has 0 unspecified atom stereocenters. The SMILES string of the molecule is COc1cccc(/C=C(\C#N)C(=O)Nc2ccc(F)cc2)c1O. The van der Waals surface area contributed by atoms with Crippen LogP contribution in [0.3, 0.4) is 0 Å². The van der Waals surface area contributed by atoms with Gasteiger partial charge in [-0.2, -0.15) is 5.26 Å². The Morgan fingerprint density at radius 2 is 2.00 bits per heavy atom. The molecule has 0 fully saturated rings. The second-order valence-corrected chi connectivity index (χ2v) is 4.53. The van der Waals surface area contributed by atoms with Crippen LogP contribution in [0, 0.1) is 17.1 Å². The van der Waals surface area contributed by atoms with Gasteiger partial charge in [-0.25, -0.2) is 4.39 Å². The smallest absolute Gasteiger partial charge is 0.266 e. The molecule has 2 aromatic carbocycles. The van der Waals surface area contributed by atoms with E-state index in [2.05, 4.69) is 5.32 Å². The van der Waals surface area contributed by atoms with Crippen LogP contribution in [0.2, 0.25) is 0 Å². The Kier molecular flexibility index (Phi) is 4.95. The van der Waals surface area contributed by atoms with Gasteiger partial charge in [-0.3, -0.25) is 4.79 Å². The molecule has 2 N–H and O–H groups in total. The van der Waals surface area contributed by atoms with Crippen LogP contribution in [-0.2, 0) is 4.79 Å². The van der Waals surface area contributed by atoms with Crippen molar-refractivity contribution < 1.29 is 19.0 Å². The number of amides is 1. The number of anilines is 1. The van der Waals surface area contributed by atoms with E-state index < -0.39 is 11.7 Å². The van der Waals surface area contributed by atoms with Crippen molar-refractivity contribution in [3.63, 3.8) is 0 Å². The van der Waals surface area contributed by atoms with Gasteiger partial charge in [-0.1, -0.05) is 12.1 Å². The Morgan fingerprint density at radius 1 is 1.30 bits per heavy atom. The number of halogens is 1. The van der Waals surface area contributed by atoms with E-state index in [0.29, 0.717) is 5.69 Å². The van der Waals surface area contributed by atoms with Gasteiger partial charge in [0.15, 0.2) is 11.5 Å². The fraction of sp³-hybridized carbons (Fsp3) is 0.0588. The number of benzene rings is 2. The first-order chi connectivity index (χ1) is 11.0. The van der Waals surface area contributed by atoms with Crippen molar-refractivity contribution in [1.82, 2.24) is 0 Å². The number of para-hydroxylation sites is 1. The lowest BCUT2D eigenvalue weighted by atomic mass is 10.1. The number of carbonyl (C=O) groups is 1. The van der Waals surface area contributed by atoms with E-state index in [1.165, 1.54) is 37.5 Å². The van der Waals surface area contributed by atoms with Crippen molar-refractivity contribution in [2.75, 3.05) is 12.4 Å². The molecule has 2 aromatic rings. The molecule has 0 aromatic heterocycles. The maximum absolute atomic E-state index is 12.8. The molecule has 2 rings (SSSR count). The molecule has 0 aliphatic rings. The first-order valence-corrected chi connectivity index (χ1v) is 6.60. The minimum Gasteiger partial charge on any atom is -0.504 e. The number of nitrogens with one attached hydrogen (secondary N) is 1. The first-order valence-electron chi connectivity index (χ1n) is 6.60. The zero-order chi connectivity index (χ0) is 16.8. The summed E-state index contributed by atoms with van der Waals surface area (Å²) in [5.41, 5.74) is 0.417. The summed E-state index contributed by atoms with van der Waals surface area (Å²) in [5, 5.41) is 21.6. The maximum atomic E-state index is 12.8. The van der Waals surface area contributed by atoms with Gasteiger partial charge in [0.2, 0.25) is 0 Å². The van der Waals surface area contributed by atoms with E-state index in [9.17, 15) is 14.3 Å². The Labute approximate surface area is 132 Å². The number of ether oxygens (including phenoxy) is 1. The van der Waals surface area contributed by atoms with Gasteiger partial charge in [0.25, 0.3) is 5.91 Å². The number of hydrogen-bond donors (Lipinski definition) is 2. The van der Waals surface area contributed by atoms with Gasteiger partial charge in [0.05, 0.1) is 7.11 Å². The summed E-state index contributed by atoms with van der Waals surface area (Å²) in [7, 11) is 1.40. The summed E-state index contributed by atoms with van der Waals surface area (Å²) in [6.07, 6.45) is 1.25. The van der Waals surface area contributed by atoms with Gasteiger partial charge >= 0.3 is 0 Å². The van der Waals surface area contributed by atoms with E-state index in [4.69, 9.17) is 10.00 Å². The Balaban J connectivity index is 2.27. The number of methoxy groups -OCH3 is 1. The van der Waals surface area contributed by atoms with Crippen LogP contribution in [0.25, 0.3) is 6.08 Å². The van der Waals surface area contributed by atoms with E-state index >= 15 is 0 Å². The highest BCUT2D eigenvalue weighted by atomic mass is 19.1. The first kappa shape index (κ1) is 16.0. The third-order valence-electron chi connectivity index (χ3n) is 3.02. The average molecular weight is 312 g/mol. The molecule has 0 saturated heterocycles. The van der Waals surface area contributed by atoms with Crippen molar-refractivity contribution in [2.24, 2.45) is 0 Å². The molecule has 0 saturated carbocycles. The Bertz CT molecular complexity index is 792. The molecule has 0 radical (unpaired) electrons. The Morgan fingerprint density at radius 3 is 2.61 bits per heavy atom. The molecule has 0 spiro atoms. The molecule has 0 atom stereocenters. The second-order valence-electron chi connectivity index (χ2n) is 4.53. The molecule has 1 amide bonds. The van der Waals surface area contributed by atoms with Crippen molar-refractivity contribution in [1.29, 1.82) is 5.26 Å². The van der Waals surface area contributed by atoms with Crippen molar-refractivity contribution >= 4 is 17.7 Å². The number of carbonyl (C=O) groups excluding carboxylic acids is 1. The lowest BCUT2D eigenvalue weighted by Gasteiger charge is -2.07. The number of rotatable bonds is 4. The Hall–Kier alpha value is -3.33. The molecular weight excluding hydrogens is 299 g/mol. The molecule has 6 heteroatoms. The number of phenolic OH excluding ortho intramolecular Hbond substituents is 1. The van der Waals surface area contributed by atoms with Gasteiger partial charge in [-0.15, -0.1) is 0 Å². The zero-order valence-corrected chi connectivity index (χ0v) is 12.2. The normalized spacial score (nSPS) is 10.7. The minimum atomic E-state index is -0.665. The largest absolute Gasteiger partial charge is 0.504 e. The van der Waals surface area contributed by atoms with Crippen LogP contribution < -0.4 is 10.1 Å². The molecule has 23 heavy (non-hydrogen) atoms. The molecule has 0 heterocycles. The van der Waals surface area contributed by atoms with Gasteiger partial charge < -0.3 is 15.2 Å². The standard InChI is InChI=1S/C17H13FN2O3/c1-23-15-4-2-3-11(16(15)21)9-12(10-19)17(22)20-14-7-5-13(18)6-8-14/h2-9,21H,1H3,(H,20,22)/b12-9+. The molecule has 0 aliphatic carbocycles. The lowest BCUT2D eigenvalue weighted by Crippen LogP contribution is -2.13. The van der Waals surface area contributed by atoms with E-state index in [-0.39, 0.29) is 22.6 Å². The van der Waals surface area contributed by atoms with Crippen LogP contribution in [0.15, 0.2) is 48.0 Å². The minimum absolute atomic E-state index is 0.169. The number of aromatic hydroxyl groups is 1. The third kappa shape index (κ3) is 3.86. The van der Waals surface area contributed by atoms with E-state index in [0.717, 1.165) is 0 Å². The number of nitrogens with zero attached hydrogens (tertiary/aromatic N) is 1. The predicted octanol–water partition coefficient (Wildman–Crippen LogP) is 3.09. The molecule has 0 aliphatic heterocycles. The number of nitriles is 1. The van der Waals surface area contributed by atoms with Gasteiger partial charge in [0, 0.05) is 11.3 Å². The highest BCUT2D eigenvalue weighted by molar-refractivity contribution is 6.09. The summed E-state index contributed by atoms with van der Waals surface area (Å²) in [4.78, 5) is 12.1. The second kappa shape index (κ2) is 7.09. The van der Waals surface area contributed by atoms with Crippen molar-refractivity contribution in [3.8, 4) is 17.6 Å². The maximum Gasteiger partial charge on any atom is 0.266 e. The molecule has 0 bridgehead atoms. The summed E-state index contributed by atoms with van der Waals surface area (Å²) < 4.78 is 17.8. The molecule has 5 nitrogen and oxygen atoms in total. The monoisotopic (exact) mass is 312 g/mol. The van der Waals surface area contributed by atoms with Crippen LogP contribution in [-0.4, -0.2) is 18.1 Å². The highest BCUT2D eigenvalue weighted by Crippen LogP contribution is 2.30. The van der Waals surface area contributed by atoms with Crippen molar-refractivity contribution in [2.45, 2.75) is 0 Å². The summed E-state index contributed by atoms with van der Waals surface area (Å²) in [6, 6.07) is 11.6. The van der Waals surface area contributed by atoms with Crippen LogP contribution in [0.5, 0.6) is 11.5 Å². The predicted molar refractivity (Wildman–Crippen MR) is 83.3 cm³/mol. The summed E-state index contributed by atoms with van der Waals surface area (Å²) >= 11 is 0. The van der Waals surface area contributed by atoms with Crippen LogP contribution in [0.4, 0.5) is 10.1 Å². The van der Waals surface area contributed by atoms with Crippen LogP contribution >= 0.6 is 0 Å². The summed E-state index contributed by atoms with van der Waals surface area (Å²) in [5.74, 6) is -1.03. The number of phenols is 1. The molecular formula is C17H13FN2O3. The number of hydrogen-bond acceptors (Lipinski definition) is 4. The highest BCUT2D eigenvalue weighted by Gasteiger charge is 2.12. The average Bonchev–Trinajstić information content (AvgIpc) is 2.56.